The molecule has 5 heteroatoms. The van der Waals surface area contributed by atoms with Crippen LogP contribution in [-0.2, 0) is 9.53 Å². The summed E-state index contributed by atoms with van der Waals surface area (Å²) in [5.74, 6) is 0.622. The van der Waals surface area contributed by atoms with Gasteiger partial charge in [-0.3, -0.25) is 4.79 Å². The van der Waals surface area contributed by atoms with E-state index in [1.165, 1.54) is 5.56 Å². The lowest BCUT2D eigenvalue weighted by atomic mass is 10.1. The van der Waals surface area contributed by atoms with Crippen molar-refractivity contribution in [3.8, 4) is 0 Å². The highest BCUT2D eigenvalue weighted by molar-refractivity contribution is 6.30. The van der Waals surface area contributed by atoms with E-state index >= 15 is 0 Å². The Labute approximate surface area is 137 Å². The molecule has 1 saturated carbocycles. The number of hydrogen-bond acceptors (Lipinski definition) is 3. The van der Waals surface area contributed by atoms with Crippen molar-refractivity contribution in [1.29, 1.82) is 0 Å². The number of ether oxygens (including phenoxy) is 1. The van der Waals surface area contributed by atoms with E-state index < -0.39 is 0 Å². The maximum Gasteiger partial charge on any atom is 0.223 e. The first-order valence-electron chi connectivity index (χ1n) is 7.82. The Balaban J connectivity index is 1.63. The molecule has 1 N–H and O–H groups in total. The topological polar surface area (TPSA) is 41.6 Å². The zero-order chi connectivity index (χ0) is 15.9. The molecule has 1 aliphatic carbocycles. The van der Waals surface area contributed by atoms with Crippen molar-refractivity contribution in [2.75, 3.05) is 40.4 Å². The molecule has 22 heavy (non-hydrogen) atoms. The second-order valence-electron chi connectivity index (χ2n) is 5.94. The molecule has 1 amide bonds. The number of halogens is 1. The maximum absolute atomic E-state index is 12.1. The standard InChI is InChI=1S/C17H25ClN2O2/c1-20(9-10-22-2)8-4-7-19-17(21)16-12-15(16)13-5-3-6-14(18)11-13/h3,5-6,11,15-16H,4,7-10,12H2,1-2H3,(H,19,21)/t15-,16+/m1/s1. The molecule has 1 aromatic rings. The van der Waals surface area contributed by atoms with Gasteiger partial charge in [-0.15, -0.1) is 0 Å². The van der Waals surface area contributed by atoms with E-state index in [9.17, 15) is 4.79 Å². The number of nitrogens with one attached hydrogen (secondary N) is 1. The van der Waals surface area contributed by atoms with Crippen molar-refractivity contribution in [2.45, 2.75) is 18.8 Å². The predicted molar refractivity (Wildman–Crippen MR) is 89.3 cm³/mol. The van der Waals surface area contributed by atoms with Gasteiger partial charge in [-0.1, -0.05) is 23.7 Å². The van der Waals surface area contributed by atoms with Crippen LogP contribution in [0.25, 0.3) is 0 Å². The van der Waals surface area contributed by atoms with Crippen molar-refractivity contribution in [3.05, 3.63) is 34.9 Å². The van der Waals surface area contributed by atoms with Gasteiger partial charge in [-0.25, -0.2) is 0 Å². The van der Waals surface area contributed by atoms with Crippen LogP contribution >= 0.6 is 11.6 Å². The summed E-state index contributed by atoms with van der Waals surface area (Å²) < 4.78 is 5.04. The van der Waals surface area contributed by atoms with Crippen LogP contribution in [0.1, 0.15) is 24.3 Å². The van der Waals surface area contributed by atoms with Crippen LogP contribution in [-0.4, -0.2) is 51.2 Å². The van der Waals surface area contributed by atoms with Gasteiger partial charge in [0.15, 0.2) is 0 Å². The second kappa shape index (κ2) is 8.51. The fraction of sp³-hybridized carbons (Fsp3) is 0.588. The number of benzene rings is 1. The summed E-state index contributed by atoms with van der Waals surface area (Å²) in [6.45, 7) is 3.36. The van der Waals surface area contributed by atoms with Crippen LogP contribution in [0.3, 0.4) is 0 Å². The Kier molecular flexibility index (Phi) is 6.68. The number of methoxy groups -OCH3 is 1. The lowest BCUT2D eigenvalue weighted by Gasteiger charge is -2.15. The highest BCUT2D eigenvalue weighted by Gasteiger charge is 2.43. The third-order valence-electron chi connectivity index (χ3n) is 4.10. The van der Waals surface area contributed by atoms with Crippen molar-refractivity contribution < 1.29 is 9.53 Å². The van der Waals surface area contributed by atoms with Crippen LogP contribution in [0.15, 0.2) is 24.3 Å². The fourth-order valence-electron chi connectivity index (χ4n) is 2.64. The Morgan fingerprint density at radius 2 is 2.27 bits per heavy atom. The van der Waals surface area contributed by atoms with Gasteiger partial charge < -0.3 is 15.0 Å². The molecule has 0 radical (unpaired) electrons. The molecular formula is C17H25ClN2O2. The number of likely N-dealkylation sites (N-methyl/N-ethyl adjacent to an activating group) is 1. The van der Waals surface area contributed by atoms with Crippen molar-refractivity contribution >= 4 is 17.5 Å². The summed E-state index contributed by atoms with van der Waals surface area (Å²) in [7, 11) is 3.77. The van der Waals surface area contributed by atoms with Crippen molar-refractivity contribution in [1.82, 2.24) is 10.2 Å². The van der Waals surface area contributed by atoms with Gasteiger partial charge in [-0.2, -0.15) is 0 Å². The van der Waals surface area contributed by atoms with Gasteiger partial charge in [0.05, 0.1) is 6.61 Å². The number of hydrogen-bond donors (Lipinski definition) is 1. The van der Waals surface area contributed by atoms with Gasteiger partial charge in [0, 0.05) is 31.1 Å². The van der Waals surface area contributed by atoms with Crippen LogP contribution in [0, 0.1) is 5.92 Å². The summed E-state index contributed by atoms with van der Waals surface area (Å²) in [5.41, 5.74) is 1.17. The first-order valence-corrected chi connectivity index (χ1v) is 8.20. The number of carbonyl (C=O) groups is 1. The first kappa shape index (κ1) is 17.3. The zero-order valence-corrected chi connectivity index (χ0v) is 14.1. The summed E-state index contributed by atoms with van der Waals surface area (Å²) in [6, 6.07) is 7.82. The summed E-state index contributed by atoms with van der Waals surface area (Å²) >= 11 is 6.00. The molecular weight excluding hydrogens is 300 g/mol. The van der Waals surface area contributed by atoms with Crippen LogP contribution < -0.4 is 5.32 Å². The number of rotatable bonds is 9. The average molecular weight is 325 g/mol. The number of nitrogens with zero attached hydrogens (tertiary/aromatic N) is 1. The minimum absolute atomic E-state index is 0.115. The maximum atomic E-state index is 12.1. The smallest absolute Gasteiger partial charge is 0.223 e. The van der Waals surface area contributed by atoms with Gasteiger partial charge in [0.25, 0.3) is 0 Å². The molecule has 0 heterocycles. The van der Waals surface area contributed by atoms with E-state index in [4.69, 9.17) is 16.3 Å². The molecule has 122 valence electrons. The molecule has 0 spiro atoms. The molecule has 1 fully saturated rings. The molecule has 0 aliphatic heterocycles. The zero-order valence-electron chi connectivity index (χ0n) is 13.3. The van der Waals surface area contributed by atoms with Crippen LogP contribution in [0.5, 0.6) is 0 Å². The molecule has 0 saturated heterocycles. The minimum atomic E-state index is 0.115. The highest BCUT2D eigenvalue weighted by atomic mass is 35.5. The Bertz CT molecular complexity index is 495. The van der Waals surface area contributed by atoms with Gasteiger partial charge in [-0.05, 0) is 50.0 Å². The predicted octanol–water partition coefficient (Wildman–Crippen LogP) is 2.53. The minimum Gasteiger partial charge on any atom is -0.383 e. The molecule has 0 bridgehead atoms. The van der Waals surface area contributed by atoms with E-state index in [2.05, 4.69) is 23.3 Å². The summed E-state index contributed by atoms with van der Waals surface area (Å²) in [6.07, 6.45) is 1.89. The lowest BCUT2D eigenvalue weighted by molar-refractivity contribution is -0.122. The summed E-state index contributed by atoms with van der Waals surface area (Å²) in [5, 5.41) is 3.78. The normalized spacial score (nSPS) is 20.2. The van der Waals surface area contributed by atoms with Crippen molar-refractivity contribution in [2.24, 2.45) is 5.92 Å². The Hall–Kier alpha value is -1.10. The largest absolute Gasteiger partial charge is 0.383 e. The van der Waals surface area contributed by atoms with Crippen LogP contribution in [0.2, 0.25) is 5.02 Å². The Morgan fingerprint density at radius 3 is 3.00 bits per heavy atom. The molecule has 0 unspecified atom stereocenters. The van der Waals surface area contributed by atoms with Crippen LogP contribution in [0.4, 0.5) is 0 Å². The van der Waals surface area contributed by atoms with Gasteiger partial charge in [0.2, 0.25) is 5.91 Å². The summed E-state index contributed by atoms with van der Waals surface area (Å²) in [4.78, 5) is 14.3. The van der Waals surface area contributed by atoms with E-state index in [-0.39, 0.29) is 11.8 Å². The third-order valence-corrected chi connectivity index (χ3v) is 4.33. The molecule has 1 aromatic carbocycles. The molecule has 2 atom stereocenters. The van der Waals surface area contributed by atoms with E-state index in [1.807, 2.05) is 18.2 Å². The first-order chi connectivity index (χ1) is 10.6. The number of amides is 1. The SMILES string of the molecule is COCCN(C)CCCNC(=O)[C@H]1C[C@@H]1c1cccc(Cl)c1. The molecule has 2 rings (SSSR count). The molecule has 0 aromatic heterocycles. The lowest BCUT2D eigenvalue weighted by Crippen LogP contribution is -2.30. The monoisotopic (exact) mass is 324 g/mol. The highest BCUT2D eigenvalue weighted by Crippen LogP contribution is 2.47. The number of carbonyl (C=O) groups excluding carboxylic acids is 1. The van der Waals surface area contributed by atoms with E-state index in [1.54, 1.807) is 7.11 Å². The Morgan fingerprint density at radius 1 is 1.45 bits per heavy atom. The van der Waals surface area contributed by atoms with E-state index in [0.717, 1.165) is 44.1 Å². The van der Waals surface area contributed by atoms with Gasteiger partial charge >= 0.3 is 0 Å². The van der Waals surface area contributed by atoms with Gasteiger partial charge in [0.1, 0.15) is 0 Å². The van der Waals surface area contributed by atoms with Crippen molar-refractivity contribution in [3.63, 3.8) is 0 Å². The molecule has 1 aliphatic rings. The quantitative estimate of drug-likeness (QED) is 0.710. The fourth-order valence-corrected chi connectivity index (χ4v) is 2.84. The molecule has 4 nitrogen and oxygen atoms in total. The second-order valence-corrected chi connectivity index (χ2v) is 6.38. The average Bonchev–Trinajstić information content (AvgIpc) is 3.30. The third kappa shape index (κ3) is 5.27. The van der Waals surface area contributed by atoms with E-state index in [0.29, 0.717) is 5.92 Å².